The Balaban J connectivity index is 1.14. The number of nitrogens with one attached hydrogen (secondary N) is 1. The third kappa shape index (κ3) is 5.49. The van der Waals surface area contributed by atoms with Crippen LogP contribution in [0.5, 0.6) is 11.5 Å². The monoisotopic (exact) mass is 395 g/mol. The van der Waals surface area contributed by atoms with Crippen molar-refractivity contribution in [3.05, 3.63) is 59.2 Å². The van der Waals surface area contributed by atoms with E-state index in [4.69, 9.17) is 9.47 Å². The van der Waals surface area contributed by atoms with Gasteiger partial charge in [0.05, 0.1) is 0 Å². The predicted octanol–water partition coefficient (Wildman–Crippen LogP) is 2.55. The van der Waals surface area contributed by atoms with E-state index in [1.54, 1.807) is 0 Å². The Labute approximate surface area is 172 Å². The largest absolute Gasteiger partial charge is 0.454 e. The van der Waals surface area contributed by atoms with Gasteiger partial charge in [0.1, 0.15) is 0 Å². The van der Waals surface area contributed by atoms with Crippen LogP contribution in [-0.4, -0.2) is 55.2 Å². The quantitative estimate of drug-likeness (QED) is 0.781. The fourth-order valence-corrected chi connectivity index (χ4v) is 3.72. The van der Waals surface area contributed by atoms with E-state index in [1.165, 1.54) is 11.1 Å². The minimum absolute atomic E-state index is 0.119. The summed E-state index contributed by atoms with van der Waals surface area (Å²) < 4.78 is 10.8. The van der Waals surface area contributed by atoms with Crippen LogP contribution in [0.25, 0.3) is 0 Å². The maximum absolute atomic E-state index is 12.2. The van der Waals surface area contributed by atoms with Crippen LogP contribution in [0.4, 0.5) is 0 Å². The molecule has 0 bridgehead atoms. The molecule has 154 valence electrons. The van der Waals surface area contributed by atoms with Gasteiger partial charge in [-0.05, 0) is 30.2 Å². The number of carbonyl (C=O) groups is 1. The summed E-state index contributed by atoms with van der Waals surface area (Å²) in [7, 11) is 0. The fourth-order valence-electron chi connectivity index (χ4n) is 3.72. The zero-order valence-corrected chi connectivity index (χ0v) is 17.0. The van der Waals surface area contributed by atoms with E-state index >= 15 is 0 Å². The van der Waals surface area contributed by atoms with Gasteiger partial charge in [-0.2, -0.15) is 0 Å². The number of ether oxygens (including phenoxy) is 2. The first-order chi connectivity index (χ1) is 14.2. The van der Waals surface area contributed by atoms with E-state index in [0.717, 1.165) is 56.3 Å². The number of amides is 1. The highest BCUT2D eigenvalue weighted by Gasteiger charge is 2.19. The van der Waals surface area contributed by atoms with Gasteiger partial charge >= 0.3 is 0 Å². The highest BCUT2D eigenvalue weighted by molar-refractivity contribution is 5.76. The second-order valence-electron chi connectivity index (χ2n) is 7.82. The molecule has 2 heterocycles. The molecule has 0 aromatic heterocycles. The lowest BCUT2D eigenvalue weighted by Gasteiger charge is -2.34. The number of fused-ring (bicyclic) bond motifs is 1. The zero-order valence-electron chi connectivity index (χ0n) is 17.0. The molecule has 4 rings (SSSR count). The summed E-state index contributed by atoms with van der Waals surface area (Å²) in [6.45, 7) is 8.74. The smallest absolute Gasteiger partial charge is 0.231 e. The van der Waals surface area contributed by atoms with Crippen LogP contribution in [0.15, 0.2) is 42.5 Å². The first kappa shape index (κ1) is 19.7. The molecule has 0 spiro atoms. The molecule has 2 aliphatic rings. The summed E-state index contributed by atoms with van der Waals surface area (Å²) in [5.74, 6) is 1.80. The molecule has 2 aliphatic heterocycles. The highest BCUT2D eigenvalue weighted by Crippen LogP contribution is 2.32. The molecule has 0 saturated carbocycles. The highest BCUT2D eigenvalue weighted by atomic mass is 16.7. The lowest BCUT2D eigenvalue weighted by molar-refractivity contribution is -0.121. The van der Waals surface area contributed by atoms with E-state index in [9.17, 15) is 4.79 Å². The Morgan fingerprint density at radius 1 is 0.931 bits per heavy atom. The van der Waals surface area contributed by atoms with E-state index in [2.05, 4.69) is 58.4 Å². The van der Waals surface area contributed by atoms with Crippen LogP contribution in [-0.2, 0) is 17.9 Å². The summed E-state index contributed by atoms with van der Waals surface area (Å²) in [5, 5.41) is 3.02. The average molecular weight is 396 g/mol. The van der Waals surface area contributed by atoms with Gasteiger partial charge < -0.3 is 19.7 Å². The Morgan fingerprint density at radius 2 is 1.62 bits per heavy atom. The van der Waals surface area contributed by atoms with Crippen molar-refractivity contribution >= 4 is 5.91 Å². The van der Waals surface area contributed by atoms with Crippen LogP contribution in [0.1, 0.15) is 23.1 Å². The lowest BCUT2D eigenvalue weighted by atomic mass is 10.1. The second kappa shape index (κ2) is 9.29. The zero-order chi connectivity index (χ0) is 20.1. The number of hydrogen-bond donors (Lipinski definition) is 1. The minimum atomic E-state index is 0.119. The molecular formula is C23H29N3O3. The van der Waals surface area contributed by atoms with Crippen LogP contribution < -0.4 is 14.8 Å². The van der Waals surface area contributed by atoms with E-state index < -0.39 is 0 Å². The maximum atomic E-state index is 12.2. The average Bonchev–Trinajstić information content (AvgIpc) is 3.21. The predicted molar refractivity (Wildman–Crippen MR) is 112 cm³/mol. The fraction of sp³-hybridized carbons (Fsp3) is 0.435. The van der Waals surface area contributed by atoms with Gasteiger partial charge in [0.2, 0.25) is 12.7 Å². The Morgan fingerprint density at radius 3 is 2.41 bits per heavy atom. The summed E-state index contributed by atoms with van der Waals surface area (Å²) >= 11 is 0. The summed E-state index contributed by atoms with van der Waals surface area (Å²) in [6, 6.07) is 14.5. The summed E-state index contributed by atoms with van der Waals surface area (Å²) in [6.07, 6.45) is 0.550. The molecule has 0 unspecified atom stereocenters. The van der Waals surface area contributed by atoms with Crippen molar-refractivity contribution in [2.75, 3.05) is 39.5 Å². The third-order valence-corrected chi connectivity index (χ3v) is 5.57. The normalized spacial score (nSPS) is 16.7. The van der Waals surface area contributed by atoms with Gasteiger partial charge in [-0.1, -0.05) is 35.9 Å². The molecule has 29 heavy (non-hydrogen) atoms. The molecule has 2 aromatic carbocycles. The van der Waals surface area contributed by atoms with Crippen molar-refractivity contribution in [1.82, 2.24) is 15.1 Å². The molecule has 6 heteroatoms. The SMILES string of the molecule is Cc1ccc(CNC(=O)CCN2CCN(Cc3ccc4c(c3)OCO4)CC2)cc1. The standard InChI is InChI=1S/C23H29N3O3/c1-18-2-4-19(5-3-18)15-24-23(27)8-9-25-10-12-26(13-11-25)16-20-6-7-21-22(14-20)29-17-28-21/h2-7,14H,8-13,15-17H2,1H3,(H,24,27). The Kier molecular flexibility index (Phi) is 6.32. The molecule has 1 amide bonds. The van der Waals surface area contributed by atoms with Gasteiger partial charge in [0.25, 0.3) is 0 Å². The lowest BCUT2D eigenvalue weighted by Crippen LogP contribution is -2.46. The molecule has 1 saturated heterocycles. The molecule has 2 aromatic rings. The van der Waals surface area contributed by atoms with Crippen molar-refractivity contribution in [2.24, 2.45) is 0 Å². The molecule has 1 fully saturated rings. The molecule has 6 nitrogen and oxygen atoms in total. The molecule has 0 radical (unpaired) electrons. The molecule has 0 aliphatic carbocycles. The van der Waals surface area contributed by atoms with E-state index in [1.807, 2.05) is 6.07 Å². The summed E-state index contributed by atoms with van der Waals surface area (Å²) in [4.78, 5) is 17.0. The van der Waals surface area contributed by atoms with Gasteiger partial charge in [0.15, 0.2) is 11.5 Å². The van der Waals surface area contributed by atoms with Gasteiger partial charge in [0, 0.05) is 52.2 Å². The van der Waals surface area contributed by atoms with Crippen LogP contribution in [0, 0.1) is 6.92 Å². The van der Waals surface area contributed by atoms with Crippen LogP contribution in [0.3, 0.4) is 0 Å². The topological polar surface area (TPSA) is 54.0 Å². The molecular weight excluding hydrogens is 366 g/mol. The van der Waals surface area contributed by atoms with E-state index in [-0.39, 0.29) is 5.91 Å². The number of benzene rings is 2. The number of aryl methyl sites for hydroxylation is 1. The number of nitrogens with zero attached hydrogens (tertiary/aromatic N) is 2. The van der Waals surface area contributed by atoms with Crippen LogP contribution >= 0.6 is 0 Å². The van der Waals surface area contributed by atoms with Crippen molar-refractivity contribution in [3.8, 4) is 11.5 Å². The first-order valence-corrected chi connectivity index (χ1v) is 10.3. The number of hydrogen-bond acceptors (Lipinski definition) is 5. The van der Waals surface area contributed by atoms with Gasteiger partial charge in [-0.15, -0.1) is 0 Å². The maximum Gasteiger partial charge on any atom is 0.231 e. The van der Waals surface area contributed by atoms with Gasteiger partial charge in [-0.3, -0.25) is 9.69 Å². The first-order valence-electron chi connectivity index (χ1n) is 10.3. The summed E-state index contributed by atoms with van der Waals surface area (Å²) in [5.41, 5.74) is 3.62. The second-order valence-corrected chi connectivity index (χ2v) is 7.82. The third-order valence-electron chi connectivity index (χ3n) is 5.57. The number of piperazine rings is 1. The number of carbonyl (C=O) groups excluding carboxylic acids is 1. The van der Waals surface area contributed by atoms with Crippen LogP contribution in [0.2, 0.25) is 0 Å². The minimum Gasteiger partial charge on any atom is -0.454 e. The van der Waals surface area contributed by atoms with Gasteiger partial charge in [-0.25, -0.2) is 0 Å². The molecule has 0 atom stereocenters. The van der Waals surface area contributed by atoms with Crippen molar-refractivity contribution in [2.45, 2.75) is 26.4 Å². The van der Waals surface area contributed by atoms with Crippen molar-refractivity contribution in [1.29, 1.82) is 0 Å². The number of rotatable bonds is 7. The van der Waals surface area contributed by atoms with Crippen molar-refractivity contribution in [3.63, 3.8) is 0 Å². The van der Waals surface area contributed by atoms with E-state index in [0.29, 0.717) is 19.8 Å². The molecule has 1 N–H and O–H groups in total. The Bertz CT molecular complexity index is 830. The Hall–Kier alpha value is -2.57. The van der Waals surface area contributed by atoms with Crippen molar-refractivity contribution < 1.29 is 14.3 Å².